The van der Waals surface area contributed by atoms with Gasteiger partial charge in [-0.25, -0.2) is 9.78 Å². The molecular formula is C24H16ClN3O5S. The smallest absolute Gasteiger partial charge is 0.331 e. The minimum absolute atomic E-state index is 0.0611. The van der Waals surface area contributed by atoms with E-state index in [2.05, 4.69) is 10.3 Å². The lowest BCUT2D eigenvalue weighted by atomic mass is 10.1. The molecule has 1 aromatic heterocycles. The first-order chi connectivity index (χ1) is 16.4. The zero-order chi connectivity index (χ0) is 24.1. The van der Waals surface area contributed by atoms with Crippen LogP contribution in [0.3, 0.4) is 0 Å². The Morgan fingerprint density at radius 2 is 1.82 bits per heavy atom. The first-order valence-corrected chi connectivity index (χ1v) is 11.1. The maximum atomic E-state index is 13.0. The van der Waals surface area contributed by atoms with Crippen molar-refractivity contribution in [3.05, 3.63) is 105 Å². The molecular weight excluding hydrogens is 478 g/mol. The summed E-state index contributed by atoms with van der Waals surface area (Å²) in [6.07, 6.45) is 1.44. The van der Waals surface area contributed by atoms with Crippen molar-refractivity contribution in [3.63, 3.8) is 0 Å². The number of halogens is 1. The molecule has 0 aliphatic carbocycles. The van der Waals surface area contributed by atoms with Crippen molar-refractivity contribution in [1.29, 1.82) is 0 Å². The molecule has 0 spiro atoms. The Kier molecular flexibility index (Phi) is 6.95. The van der Waals surface area contributed by atoms with E-state index in [4.69, 9.17) is 16.3 Å². The lowest BCUT2D eigenvalue weighted by Crippen LogP contribution is -2.25. The van der Waals surface area contributed by atoms with Crippen molar-refractivity contribution in [2.75, 3.05) is 5.32 Å². The zero-order valence-corrected chi connectivity index (χ0v) is 19.0. The van der Waals surface area contributed by atoms with Gasteiger partial charge in [0.2, 0.25) is 6.10 Å². The van der Waals surface area contributed by atoms with Gasteiger partial charge in [0.05, 0.1) is 15.1 Å². The zero-order valence-electron chi connectivity index (χ0n) is 17.4. The molecule has 4 aromatic rings. The number of fused-ring (bicyclic) bond motifs is 1. The van der Waals surface area contributed by atoms with Crippen molar-refractivity contribution in [3.8, 4) is 0 Å². The normalized spacial score (nSPS) is 11.9. The first kappa shape index (κ1) is 23.1. The number of nitrogens with one attached hydrogen (secondary N) is 1. The average Bonchev–Trinajstić information content (AvgIpc) is 3.26. The van der Waals surface area contributed by atoms with Gasteiger partial charge in [0.15, 0.2) is 0 Å². The summed E-state index contributed by atoms with van der Waals surface area (Å²) in [7, 11) is 0. The number of thiazole rings is 1. The van der Waals surface area contributed by atoms with Gasteiger partial charge in [-0.2, -0.15) is 0 Å². The lowest BCUT2D eigenvalue weighted by molar-refractivity contribution is -0.384. The molecule has 1 unspecified atom stereocenters. The van der Waals surface area contributed by atoms with Crippen LogP contribution in [0, 0.1) is 10.1 Å². The lowest BCUT2D eigenvalue weighted by Gasteiger charge is -2.17. The summed E-state index contributed by atoms with van der Waals surface area (Å²) in [5.41, 5.74) is 1.04. The summed E-state index contributed by atoms with van der Waals surface area (Å²) in [6.45, 7) is 0. The molecule has 1 N–H and O–H groups in total. The molecule has 170 valence electrons. The first-order valence-electron chi connectivity index (χ1n) is 9.95. The number of rotatable bonds is 7. The van der Waals surface area contributed by atoms with Crippen LogP contribution in [-0.2, 0) is 14.3 Å². The fraction of sp³-hybridized carbons (Fsp3) is 0.0417. The van der Waals surface area contributed by atoms with E-state index in [1.165, 1.54) is 35.6 Å². The van der Waals surface area contributed by atoms with Gasteiger partial charge in [0.25, 0.3) is 11.6 Å². The maximum absolute atomic E-state index is 13.0. The van der Waals surface area contributed by atoms with E-state index in [9.17, 15) is 19.7 Å². The van der Waals surface area contributed by atoms with E-state index in [0.29, 0.717) is 10.6 Å². The van der Waals surface area contributed by atoms with Gasteiger partial charge >= 0.3 is 5.97 Å². The number of anilines is 1. The van der Waals surface area contributed by atoms with Gasteiger partial charge in [0.1, 0.15) is 10.0 Å². The van der Waals surface area contributed by atoms with Crippen molar-refractivity contribution in [1.82, 2.24) is 4.98 Å². The minimum atomic E-state index is -1.29. The maximum Gasteiger partial charge on any atom is 0.331 e. The molecule has 0 saturated heterocycles. The standard InChI is InChI=1S/C24H16ClN3O5S/c25-17-11-10-16(14-19(17)28(31)32)26-24(30)23(15-6-2-1-3-7-15)33-22(29)13-12-21-27-18-8-4-5-9-20(18)34-21/h1-14,23H,(H,26,30)/b13-12+. The second-order valence-corrected chi connectivity index (χ2v) is 8.46. The van der Waals surface area contributed by atoms with Crippen LogP contribution >= 0.6 is 22.9 Å². The van der Waals surface area contributed by atoms with Crippen LogP contribution < -0.4 is 5.32 Å². The van der Waals surface area contributed by atoms with Crippen LogP contribution in [0.1, 0.15) is 16.7 Å². The number of para-hydroxylation sites is 1. The summed E-state index contributed by atoms with van der Waals surface area (Å²) in [5.74, 6) is -1.42. The fourth-order valence-corrected chi connectivity index (χ4v) is 4.15. The van der Waals surface area contributed by atoms with Crippen LogP contribution in [0.2, 0.25) is 5.02 Å². The Morgan fingerprint density at radius 1 is 1.09 bits per heavy atom. The highest BCUT2D eigenvalue weighted by Crippen LogP contribution is 2.29. The number of nitrogens with zero attached hydrogens (tertiary/aromatic N) is 2. The molecule has 0 bridgehead atoms. The van der Waals surface area contributed by atoms with Gasteiger partial charge < -0.3 is 10.1 Å². The van der Waals surface area contributed by atoms with Gasteiger partial charge in [-0.05, 0) is 30.3 Å². The molecule has 0 aliphatic heterocycles. The van der Waals surface area contributed by atoms with Gasteiger partial charge in [0, 0.05) is 23.4 Å². The summed E-state index contributed by atoms with van der Waals surface area (Å²) >= 11 is 7.25. The third kappa shape index (κ3) is 5.45. The van der Waals surface area contributed by atoms with Gasteiger partial charge in [-0.3, -0.25) is 14.9 Å². The Balaban J connectivity index is 1.53. The molecule has 0 aliphatic rings. The molecule has 4 rings (SSSR count). The summed E-state index contributed by atoms with van der Waals surface area (Å²) < 4.78 is 6.43. The summed E-state index contributed by atoms with van der Waals surface area (Å²) in [5, 5.41) is 14.2. The molecule has 34 heavy (non-hydrogen) atoms. The molecule has 3 aromatic carbocycles. The quantitative estimate of drug-likeness (QED) is 0.151. The highest BCUT2D eigenvalue weighted by Gasteiger charge is 2.25. The Morgan fingerprint density at radius 3 is 2.56 bits per heavy atom. The number of nitro benzene ring substituents is 1. The van der Waals surface area contributed by atoms with E-state index in [0.717, 1.165) is 16.3 Å². The van der Waals surface area contributed by atoms with E-state index in [-0.39, 0.29) is 16.4 Å². The predicted octanol–water partition coefficient (Wildman–Crippen LogP) is 5.79. The monoisotopic (exact) mass is 493 g/mol. The number of hydrogen-bond acceptors (Lipinski definition) is 7. The topological polar surface area (TPSA) is 111 Å². The van der Waals surface area contributed by atoms with Crippen LogP contribution in [-0.4, -0.2) is 21.8 Å². The number of esters is 1. The second kappa shape index (κ2) is 10.2. The van der Waals surface area contributed by atoms with Crippen molar-refractivity contribution in [2.45, 2.75) is 6.10 Å². The number of aromatic nitrogens is 1. The number of carbonyl (C=O) groups is 2. The Labute approximate surface area is 202 Å². The van der Waals surface area contributed by atoms with Crippen LogP contribution in [0.4, 0.5) is 11.4 Å². The highest BCUT2D eigenvalue weighted by atomic mass is 35.5. The predicted molar refractivity (Wildman–Crippen MR) is 131 cm³/mol. The van der Waals surface area contributed by atoms with Crippen LogP contribution in [0.5, 0.6) is 0 Å². The van der Waals surface area contributed by atoms with E-state index >= 15 is 0 Å². The fourth-order valence-electron chi connectivity index (χ4n) is 3.09. The number of ether oxygens (including phenoxy) is 1. The molecule has 1 heterocycles. The third-order valence-electron chi connectivity index (χ3n) is 4.66. The van der Waals surface area contributed by atoms with Crippen molar-refractivity contribution >= 4 is 62.5 Å². The molecule has 8 nitrogen and oxygen atoms in total. The number of amides is 1. The number of carbonyl (C=O) groups excluding carboxylic acids is 2. The largest absolute Gasteiger partial charge is 0.444 e. The van der Waals surface area contributed by atoms with E-state index < -0.39 is 22.9 Å². The second-order valence-electron chi connectivity index (χ2n) is 6.99. The third-order valence-corrected chi connectivity index (χ3v) is 5.98. The van der Waals surface area contributed by atoms with Crippen LogP contribution in [0.15, 0.2) is 78.9 Å². The van der Waals surface area contributed by atoms with Gasteiger partial charge in [-0.1, -0.05) is 54.1 Å². The van der Waals surface area contributed by atoms with E-state index in [1.807, 2.05) is 24.3 Å². The molecule has 0 radical (unpaired) electrons. The molecule has 1 atom stereocenters. The Hall–Kier alpha value is -4.08. The molecule has 0 saturated carbocycles. The van der Waals surface area contributed by atoms with Crippen molar-refractivity contribution < 1.29 is 19.2 Å². The minimum Gasteiger partial charge on any atom is -0.444 e. The highest BCUT2D eigenvalue weighted by molar-refractivity contribution is 7.19. The van der Waals surface area contributed by atoms with Gasteiger partial charge in [-0.15, -0.1) is 11.3 Å². The Bertz CT molecular complexity index is 1370. The molecule has 10 heteroatoms. The summed E-state index contributed by atoms with van der Waals surface area (Å²) in [6, 6.07) is 19.9. The average molecular weight is 494 g/mol. The molecule has 1 amide bonds. The number of hydrogen-bond donors (Lipinski definition) is 1. The SMILES string of the molecule is O=C(/C=C/c1nc2ccccc2s1)OC(C(=O)Nc1ccc(Cl)c([N+](=O)[O-])c1)c1ccccc1. The van der Waals surface area contributed by atoms with Crippen molar-refractivity contribution in [2.24, 2.45) is 0 Å². The summed E-state index contributed by atoms with van der Waals surface area (Å²) in [4.78, 5) is 40.4. The van der Waals surface area contributed by atoms with E-state index in [1.54, 1.807) is 30.3 Å². The van der Waals surface area contributed by atoms with Crippen LogP contribution in [0.25, 0.3) is 16.3 Å². The number of benzene rings is 3. The number of nitro groups is 1. The molecule has 0 fully saturated rings.